The zero-order valence-corrected chi connectivity index (χ0v) is 7.84. The van der Waals surface area contributed by atoms with E-state index in [2.05, 4.69) is 0 Å². The number of rotatable bonds is 3. The van der Waals surface area contributed by atoms with Gasteiger partial charge in [-0.1, -0.05) is 0 Å². The maximum Gasteiger partial charge on any atom is 0.287 e. The number of nitrogens with zero attached hydrogens (tertiary/aromatic N) is 2. The van der Waals surface area contributed by atoms with Crippen molar-refractivity contribution < 1.29 is 14.5 Å². The first kappa shape index (κ1) is 11.3. The third kappa shape index (κ3) is 1.72. The number of benzene rings is 1. The number of carbonyl (C=O) groups excluding carboxylic acids is 2. The first-order chi connectivity index (χ1) is 7.52. The number of nitro benzene ring substituents is 1. The predicted octanol–water partition coefficient (Wildman–Crippen LogP) is 0.378. The second-order valence-corrected chi connectivity index (χ2v) is 2.77. The van der Waals surface area contributed by atoms with Crippen molar-refractivity contribution in [3.05, 3.63) is 38.9 Å². The molecule has 1 amide bonds. The molecule has 0 aliphatic rings. The highest BCUT2D eigenvalue weighted by Crippen LogP contribution is 2.23. The molecule has 0 aromatic heterocycles. The zero-order valence-electron chi connectivity index (χ0n) is 7.84. The van der Waals surface area contributed by atoms with Crippen molar-refractivity contribution in [2.75, 3.05) is 0 Å². The van der Waals surface area contributed by atoms with Crippen molar-refractivity contribution in [3.8, 4) is 6.07 Å². The van der Waals surface area contributed by atoms with E-state index in [0.717, 1.165) is 12.1 Å². The first-order valence-corrected chi connectivity index (χ1v) is 3.99. The van der Waals surface area contributed by atoms with Crippen LogP contribution in [-0.4, -0.2) is 17.1 Å². The van der Waals surface area contributed by atoms with Gasteiger partial charge in [-0.05, 0) is 6.07 Å². The van der Waals surface area contributed by atoms with E-state index in [-0.39, 0.29) is 5.56 Å². The van der Waals surface area contributed by atoms with Crippen LogP contribution in [0.25, 0.3) is 0 Å². The third-order valence-electron chi connectivity index (χ3n) is 1.90. The molecule has 7 heteroatoms. The molecule has 0 radical (unpaired) electrons. The molecule has 80 valence electrons. The van der Waals surface area contributed by atoms with Crippen molar-refractivity contribution in [2.24, 2.45) is 5.73 Å². The van der Waals surface area contributed by atoms with Gasteiger partial charge in [-0.3, -0.25) is 19.7 Å². The molecule has 1 aromatic carbocycles. The molecule has 7 nitrogen and oxygen atoms in total. The molecule has 0 spiro atoms. The summed E-state index contributed by atoms with van der Waals surface area (Å²) in [5, 5.41) is 19.3. The van der Waals surface area contributed by atoms with Crippen molar-refractivity contribution in [3.63, 3.8) is 0 Å². The molecule has 0 heterocycles. The van der Waals surface area contributed by atoms with E-state index < -0.39 is 27.6 Å². The molecular weight excluding hydrogens is 214 g/mol. The number of nitrogens with two attached hydrogens (primary N) is 1. The summed E-state index contributed by atoms with van der Waals surface area (Å²) in [5.74, 6) is -1.05. The number of nitro groups is 1. The summed E-state index contributed by atoms with van der Waals surface area (Å²) in [5.41, 5.74) is 3.34. The van der Waals surface area contributed by atoms with Crippen LogP contribution in [0.2, 0.25) is 0 Å². The Morgan fingerprint density at radius 2 is 2.19 bits per heavy atom. The quantitative estimate of drug-likeness (QED) is 0.446. The largest absolute Gasteiger partial charge is 0.366 e. The summed E-state index contributed by atoms with van der Waals surface area (Å²) in [7, 11) is 0. The Kier molecular flexibility index (Phi) is 2.96. The molecular formula is C9H5N3O4. The van der Waals surface area contributed by atoms with Gasteiger partial charge in [-0.2, -0.15) is 5.26 Å². The second-order valence-electron chi connectivity index (χ2n) is 2.77. The second kappa shape index (κ2) is 4.18. The molecule has 0 bridgehead atoms. The van der Waals surface area contributed by atoms with Gasteiger partial charge in [0.1, 0.15) is 11.6 Å². The number of hydrogen-bond donors (Lipinski definition) is 1. The van der Waals surface area contributed by atoms with Gasteiger partial charge >= 0.3 is 0 Å². The summed E-state index contributed by atoms with van der Waals surface area (Å²) in [6, 6.07) is 3.56. The minimum absolute atomic E-state index is 0.144. The topological polar surface area (TPSA) is 127 Å². The van der Waals surface area contributed by atoms with Crippen molar-refractivity contribution in [1.82, 2.24) is 0 Å². The monoisotopic (exact) mass is 219 g/mol. The molecule has 0 saturated carbocycles. The van der Waals surface area contributed by atoms with Crippen LogP contribution in [-0.2, 0) is 0 Å². The lowest BCUT2D eigenvalue weighted by molar-refractivity contribution is -0.385. The summed E-state index contributed by atoms with van der Waals surface area (Å²) >= 11 is 0. The van der Waals surface area contributed by atoms with Gasteiger partial charge in [-0.15, -0.1) is 0 Å². The number of nitriles is 1. The summed E-state index contributed by atoms with van der Waals surface area (Å²) in [6.07, 6.45) is 0.310. The molecule has 16 heavy (non-hydrogen) atoms. The highest BCUT2D eigenvalue weighted by atomic mass is 16.6. The van der Waals surface area contributed by atoms with E-state index in [4.69, 9.17) is 11.0 Å². The van der Waals surface area contributed by atoms with Gasteiger partial charge in [-0.25, -0.2) is 0 Å². The lowest BCUT2D eigenvalue weighted by atomic mass is 10.00. The van der Waals surface area contributed by atoms with Crippen molar-refractivity contribution in [2.45, 2.75) is 0 Å². The van der Waals surface area contributed by atoms with Gasteiger partial charge in [0.05, 0.1) is 10.5 Å². The Labute approximate surface area is 89.2 Å². The summed E-state index contributed by atoms with van der Waals surface area (Å²) in [4.78, 5) is 31.4. The van der Waals surface area contributed by atoms with Crippen LogP contribution in [0.1, 0.15) is 26.3 Å². The fourth-order valence-electron chi connectivity index (χ4n) is 1.24. The van der Waals surface area contributed by atoms with Gasteiger partial charge in [0.25, 0.3) is 11.6 Å². The minimum atomic E-state index is -1.05. The number of carbonyl (C=O) groups is 2. The molecule has 2 N–H and O–H groups in total. The molecule has 0 aliphatic carbocycles. The lowest BCUT2D eigenvalue weighted by Crippen LogP contribution is -2.16. The van der Waals surface area contributed by atoms with Crippen LogP contribution in [0.15, 0.2) is 12.1 Å². The van der Waals surface area contributed by atoms with E-state index in [0.29, 0.717) is 6.29 Å². The Morgan fingerprint density at radius 3 is 2.56 bits per heavy atom. The summed E-state index contributed by atoms with van der Waals surface area (Å²) < 4.78 is 0. The molecule has 0 unspecified atom stereocenters. The molecule has 1 aromatic rings. The van der Waals surface area contributed by atoms with E-state index in [1.54, 1.807) is 0 Å². The van der Waals surface area contributed by atoms with Crippen molar-refractivity contribution >= 4 is 17.9 Å². The highest BCUT2D eigenvalue weighted by molar-refractivity contribution is 6.03. The minimum Gasteiger partial charge on any atom is -0.366 e. The van der Waals surface area contributed by atoms with E-state index in [1.165, 1.54) is 6.07 Å². The zero-order chi connectivity index (χ0) is 12.3. The average molecular weight is 219 g/mol. The Morgan fingerprint density at radius 1 is 1.56 bits per heavy atom. The molecule has 1 rings (SSSR count). The fourth-order valence-corrected chi connectivity index (χ4v) is 1.24. The van der Waals surface area contributed by atoms with E-state index in [1.807, 2.05) is 0 Å². The standard InChI is InChI=1S/C9H5N3O4/c10-3-6-7(12(15)16)2-1-5(4-13)8(6)9(11)14/h1-2,4H,(H2,11,14). The Balaban J connectivity index is 3.71. The maximum atomic E-state index is 11.0. The number of aldehydes is 1. The average Bonchev–Trinajstić information content (AvgIpc) is 2.26. The SMILES string of the molecule is N#Cc1c([N+](=O)[O-])ccc(C=O)c1C(N)=O. The number of primary amides is 1. The van der Waals surface area contributed by atoms with E-state index >= 15 is 0 Å². The Bertz CT molecular complexity index is 530. The van der Waals surface area contributed by atoms with Gasteiger partial charge in [0, 0.05) is 11.6 Å². The first-order valence-electron chi connectivity index (χ1n) is 3.99. The van der Waals surface area contributed by atoms with Gasteiger partial charge in [0.15, 0.2) is 6.29 Å². The molecule has 0 fully saturated rings. The molecule has 0 saturated heterocycles. The third-order valence-corrected chi connectivity index (χ3v) is 1.90. The van der Waals surface area contributed by atoms with Gasteiger partial charge in [0.2, 0.25) is 0 Å². The number of amides is 1. The smallest absolute Gasteiger partial charge is 0.287 e. The summed E-state index contributed by atoms with van der Waals surface area (Å²) in [6.45, 7) is 0. The predicted molar refractivity (Wildman–Crippen MR) is 51.7 cm³/mol. The highest BCUT2D eigenvalue weighted by Gasteiger charge is 2.23. The normalized spacial score (nSPS) is 9.19. The maximum absolute atomic E-state index is 11.0. The number of hydrogen-bond acceptors (Lipinski definition) is 5. The van der Waals surface area contributed by atoms with E-state index in [9.17, 15) is 19.7 Å². The van der Waals surface area contributed by atoms with Crippen LogP contribution < -0.4 is 5.73 Å². The molecule has 0 atom stereocenters. The van der Waals surface area contributed by atoms with Crippen molar-refractivity contribution in [1.29, 1.82) is 5.26 Å². The van der Waals surface area contributed by atoms with Crippen LogP contribution in [0.5, 0.6) is 0 Å². The van der Waals surface area contributed by atoms with Crippen LogP contribution in [0.4, 0.5) is 5.69 Å². The fraction of sp³-hybridized carbons (Fsp3) is 0. The molecule has 0 aliphatic heterocycles. The Hall–Kier alpha value is -2.75. The van der Waals surface area contributed by atoms with Gasteiger partial charge < -0.3 is 5.73 Å². The lowest BCUT2D eigenvalue weighted by Gasteiger charge is -2.03. The van der Waals surface area contributed by atoms with Crippen LogP contribution in [0.3, 0.4) is 0 Å². The van der Waals surface area contributed by atoms with Crippen LogP contribution >= 0.6 is 0 Å². The van der Waals surface area contributed by atoms with Crippen LogP contribution in [0, 0.1) is 21.4 Å².